The molecule has 0 N–H and O–H groups in total. The molecule has 1 heterocycles. The van der Waals surface area contributed by atoms with Crippen LogP contribution in [0.5, 0.6) is 0 Å². The van der Waals surface area contributed by atoms with Gasteiger partial charge < -0.3 is 4.42 Å². The molecule has 0 aliphatic carbocycles. The molecule has 0 spiro atoms. The van der Waals surface area contributed by atoms with Crippen molar-refractivity contribution in [3.05, 3.63) is 36.0 Å². The minimum atomic E-state index is -0.343. The smallest absolute Gasteiger partial charge is 0.283 e. The minimum Gasteiger partial charge on any atom is -0.414 e. The van der Waals surface area contributed by atoms with Crippen LogP contribution in [0.1, 0.15) is 17.6 Å². The number of hydrogen-bond acceptors (Lipinski definition) is 4. The normalized spacial score (nSPS) is 10.3. The van der Waals surface area contributed by atoms with Crippen LogP contribution in [0.4, 0.5) is 4.39 Å². The molecule has 15 heavy (non-hydrogen) atoms. The van der Waals surface area contributed by atoms with Gasteiger partial charge in [-0.1, -0.05) is 0 Å². The maximum Gasteiger partial charge on any atom is 0.283 e. The number of halogens is 1. The number of rotatable bonds is 2. The van der Waals surface area contributed by atoms with Crippen molar-refractivity contribution >= 4 is 5.78 Å². The third-order valence-corrected chi connectivity index (χ3v) is 1.82. The van der Waals surface area contributed by atoms with Gasteiger partial charge in [-0.15, -0.1) is 10.2 Å². The zero-order valence-corrected chi connectivity index (χ0v) is 7.90. The van der Waals surface area contributed by atoms with Crippen LogP contribution >= 0.6 is 0 Å². The van der Waals surface area contributed by atoms with Crippen LogP contribution < -0.4 is 0 Å². The number of aromatic nitrogens is 2. The summed E-state index contributed by atoms with van der Waals surface area (Å²) in [5.41, 5.74) is 0.580. The summed E-state index contributed by atoms with van der Waals surface area (Å²) < 4.78 is 17.7. The Bertz CT molecular complexity index is 490. The molecule has 0 saturated heterocycles. The molecule has 4 nitrogen and oxygen atoms in total. The highest BCUT2D eigenvalue weighted by molar-refractivity contribution is 5.89. The van der Waals surface area contributed by atoms with Crippen LogP contribution in [0.15, 0.2) is 28.7 Å². The number of ketones is 1. The highest BCUT2D eigenvalue weighted by atomic mass is 19.1. The lowest BCUT2D eigenvalue weighted by Crippen LogP contribution is -1.90. The number of carbonyl (C=O) groups excluding carboxylic acids is 1. The topological polar surface area (TPSA) is 56.0 Å². The van der Waals surface area contributed by atoms with E-state index < -0.39 is 0 Å². The molecule has 0 unspecified atom stereocenters. The molecule has 0 aliphatic rings. The molecule has 0 fully saturated rings. The Kier molecular flexibility index (Phi) is 2.29. The SMILES string of the molecule is CC(=O)c1nnc(-c2ccc(F)cc2)o1. The predicted octanol–water partition coefficient (Wildman–Crippen LogP) is 2.08. The summed E-state index contributed by atoms with van der Waals surface area (Å²) in [7, 11) is 0. The van der Waals surface area contributed by atoms with Crippen LogP contribution in [0.3, 0.4) is 0 Å². The lowest BCUT2D eigenvalue weighted by Gasteiger charge is -1.92. The third-order valence-electron chi connectivity index (χ3n) is 1.82. The van der Waals surface area contributed by atoms with Crippen molar-refractivity contribution < 1.29 is 13.6 Å². The van der Waals surface area contributed by atoms with Gasteiger partial charge in [0.15, 0.2) is 0 Å². The summed E-state index contributed by atoms with van der Waals surface area (Å²) in [4.78, 5) is 10.9. The summed E-state index contributed by atoms with van der Waals surface area (Å²) in [5, 5.41) is 7.23. The summed E-state index contributed by atoms with van der Waals surface area (Å²) in [6.07, 6.45) is 0. The van der Waals surface area contributed by atoms with Crippen LogP contribution in [0.2, 0.25) is 0 Å². The Morgan fingerprint density at radius 2 is 1.93 bits per heavy atom. The first-order valence-corrected chi connectivity index (χ1v) is 4.27. The quantitative estimate of drug-likeness (QED) is 0.706. The fourth-order valence-corrected chi connectivity index (χ4v) is 1.07. The van der Waals surface area contributed by atoms with E-state index in [0.717, 1.165) is 0 Å². The zero-order chi connectivity index (χ0) is 10.8. The largest absolute Gasteiger partial charge is 0.414 e. The summed E-state index contributed by atoms with van der Waals surface area (Å²) >= 11 is 0. The van der Waals surface area contributed by atoms with E-state index in [9.17, 15) is 9.18 Å². The third kappa shape index (κ3) is 1.90. The van der Waals surface area contributed by atoms with Gasteiger partial charge in [-0.2, -0.15) is 0 Å². The van der Waals surface area contributed by atoms with Crippen LogP contribution in [0.25, 0.3) is 11.5 Å². The standard InChI is InChI=1S/C10H7FN2O2/c1-6(14)9-12-13-10(15-9)7-2-4-8(11)5-3-7/h2-5H,1H3. The molecule has 0 aliphatic heterocycles. The molecular weight excluding hydrogens is 199 g/mol. The van der Waals surface area contributed by atoms with Gasteiger partial charge in [0.2, 0.25) is 11.7 Å². The number of carbonyl (C=O) groups is 1. The minimum absolute atomic E-state index is 0.0469. The predicted molar refractivity (Wildman–Crippen MR) is 49.7 cm³/mol. The van der Waals surface area contributed by atoms with E-state index in [0.29, 0.717) is 5.56 Å². The second-order valence-corrected chi connectivity index (χ2v) is 2.98. The van der Waals surface area contributed by atoms with Gasteiger partial charge in [0, 0.05) is 12.5 Å². The fourth-order valence-electron chi connectivity index (χ4n) is 1.07. The molecule has 0 saturated carbocycles. The molecule has 0 atom stereocenters. The second kappa shape index (κ2) is 3.61. The summed E-state index contributed by atoms with van der Waals surface area (Å²) in [6, 6.07) is 5.58. The van der Waals surface area contributed by atoms with Gasteiger partial charge in [-0.3, -0.25) is 4.79 Å². The molecule has 0 bridgehead atoms. The first-order chi connectivity index (χ1) is 7.16. The zero-order valence-electron chi connectivity index (χ0n) is 7.90. The second-order valence-electron chi connectivity index (χ2n) is 2.98. The molecule has 2 aromatic rings. The van der Waals surface area contributed by atoms with Gasteiger partial charge in [-0.25, -0.2) is 4.39 Å². The number of nitrogens with zero attached hydrogens (tertiary/aromatic N) is 2. The van der Waals surface area contributed by atoms with Crippen molar-refractivity contribution in [1.82, 2.24) is 10.2 Å². The Morgan fingerprint density at radius 1 is 1.27 bits per heavy atom. The van der Waals surface area contributed by atoms with Crippen LogP contribution in [0, 0.1) is 5.82 Å². The first kappa shape index (κ1) is 9.51. The maximum atomic E-state index is 12.6. The van der Waals surface area contributed by atoms with E-state index in [4.69, 9.17) is 4.42 Å². The van der Waals surface area contributed by atoms with E-state index in [2.05, 4.69) is 10.2 Å². The molecule has 1 aromatic carbocycles. The molecule has 2 rings (SSSR count). The van der Waals surface area contributed by atoms with E-state index in [1.54, 1.807) is 0 Å². The van der Waals surface area contributed by atoms with Gasteiger partial charge in [0.1, 0.15) is 5.82 Å². The van der Waals surface area contributed by atoms with Crippen molar-refractivity contribution in [2.45, 2.75) is 6.92 Å². The number of benzene rings is 1. The van der Waals surface area contributed by atoms with Crippen molar-refractivity contribution in [2.24, 2.45) is 0 Å². The van der Waals surface area contributed by atoms with E-state index in [1.165, 1.54) is 31.2 Å². The van der Waals surface area contributed by atoms with Crippen LogP contribution in [-0.4, -0.2) is 16.0 Å². The lowest BCUT2D eigenvalue weighted by atomic mass is 10.2. The first-order valence-electron chi connectivity index (χ1n) is 4.27. The Labute approximate surface area is 84.7 Å². The van der Waals surface area contributed by atoms with Crippen LogP contribution in [-0.2, 0) is 0 Å². The molecule has 0 radical (unpaired) electrons. The average molecular weight is 206 g/mol. The Balaban J connectivity index is 2.37. The van der Waals surface area contributed by atoms with Crippen molar-refractivity contribution in [3.63, 3.8) is 0 Å². The number of hydrogen-bond donors (Lipinski definition) is 0. The van der Waals surface area contributed by atoms with Crippen molar-refractivity contribution in [3.8, 4) is 11.5 Å². The lowest BCUT2D eigenvalue weighted by molar-refractivity contribution is 0.0981. The summed E-state index contributed by atoms with van der Waals surface area (Å²) in [6.45, 7) is 1.34. The molecule has 1 aromatic heterocycles. The Morgan fingerprint density at radius 3 is 2.47 bits per heavy atom. The molecule has 76 valence electrons. The molecule has 0 amide bonds. The Hall–Kier alpha value is -2.04. The van der Waals surface area contributed by atoms with Crippen molar-refractivity contribution in [1.29, 1.82) is 0 Å². The van der Waals surface area contributed by atoms with Gasteiger partial charge in [0.05, 0.1) is 0 Å². The van der Waals surface area contributed by atoms with E-state index in [-0.39, 0.29) is 23.4 Å². The maximum absolute atomic E-state index is 12.6. The van der Waals surface area contributed by atoms with Gasteiger partial charge >= 0.3 is 0 Å². The highest BCUT2D eigenvalue weighted by Crippen LogP contribution is 2.17. The monoisotopic (exact) mass is 206 g/mol. The highest BCUT2D eigenvalue weighted by Gasteiger charge is 2.11. The van der Waals surface area contributed by atoms with E-state index in [1.807, 2.05) is 0 Å². The van der Waals surface area contributed by atoms with Gasteiger partial charge in [0.25, 0.3) is 5.89 Å². The molecular formula is C10H7FN2O2. The van der Waals surface area contributed by atoms with Crippen molar-refractivity contribution in [2.75, 3.05) is 0 Å². The van der Waals surface area contributed by atoms with Gasteiger partial charge in [-0.05, 0) is 24.3 Å². The molecule has 5 heteroatoms. The summed E-state index contributed by atoms with van der Waals surface area (Å²) in [5.74, 6) is -0.476. The fraction of sp³-hybridized carbons (Fsp3) is 0.100. The van der Waals surface area contributed by atoms with E-state index >= 15 is 0 Å². The number of Topliss-reactive ketones (excluding diaryl/α,β-unsaturated/α-hetero) is 1. The average Bonchev–Trinajstić information content (AvgIpc) is 2.68.